The second kappa shape index (κ2) is 6.13. The first-order valence-electron chi connectivity index (χ1n) is 6.84. The van der Waals surface area contributed by atoms with Crippen molar-refractivity contribution in [1.29, 1.82) is 0 Å². The summed E-state index contributed by atoms with van der Waals surface area (Å²) < 4.78 is 37.7. The molecule has 0 aliphatic carbocycles. The van der Waals surface area contributed by atoms with Crippen LogP contribution in [0.5, 0.6) is 5.75 Å². The number of aromatic nitrogens is 2. The Bertz CT molecular complexity index is 862. The Morgan fingerprint density at radius 1 is 0.875 bits per heavy atom. The molecule has 24 heavy (non-hydrogen) atoms. The molecule has 0 saturated carbocycles. The van der Waals surface area contributed by atoms with E-state index in [2.05, 4.69) is 9.97 Å². The van der Waals surface area contributed by atoms with Crippen LogP contribution in [0.1, 0.15) is 5.69 Å². The maximum Gasteiger partial charge on any atom is 0.433 e. The summed E-state index contributed by atoms with van der Waals surface area (Å²) in [5.74, 6) is -0.144. The zero-order valence-electron chi connectivity index (χ0n) is 12.0. The lowest BCUT2D eigenvalue weighted by molar-refractivity contribution is -0.141. The van der Waals surface area contributed by atoms with E-state index in [9.17, 15) is 18.3 Å². The molecule has 122 valence electrons. The fraction of sp³-hybridized carbons (Fsp3) is 0.0588. The summed E-state index contributed by atoms with van der Waals surface area (Å²) in [6, 6.07) is 12.0. The molecule has 0 fully saturated rings. The van der Waals surface area contributed by atoms with E-state index >= 15 is 0 Å². The summed E-state index contributed by atoms with van der Waals surface area (Å²) in [5.41, 5.74) is 0.763. The highest BCUT2D eigenvalue weighted by Gasteiger charge is 2.32. The van der Waals surface area contributed by atoms with Crippen molar-refractivity contribution in [3.8, 4) is 28.3 Å². The van der Waals surface area contributed by atoms with Crippen LogP contribution < -0.4 is 0 Å². The zero-order valence-corrected chi connectivity index (χ0v) is 12.8. The van der Waals surface area contributed by atoms with Crippen LogP contribution in [-0.2, 0) is 6.18 Å². The summed E-state index contributed by atoms with van der Waals surface area (Å²) in [7, 11) is 0. The highest BCUT2D eigenvalue weighted by molar-refractivity contribution is 6.30. The quantitative estimate of drug-likeness (QED) is 0.692. The van der Waals surface area contributed by atoms with Crippen molar-refractivity contribution < 1.29 is 18.3 Å². The number of alkyl halides is 3. The van der Waals surface area contributed by atoms with E-state index in [0.29, 0.717) is 10.7 Å². The van der Waals surface area contributed by atoms with E-state index in [4.69, 9.17) is 11.6 Å². The molecule has 3 aromatic rings. The van der Waals surface area contributed by atoms with E-state index in [-0.39, 0.29) is 17.0 Å². The number of pyridine rings is 2. The lowest BCUT2D eigenvalue weighted by Gasteiger charge is -2.09. The third kappa shape index (κ3) is 3.33. The van der Waals surface area contributed by atoms with Crippen molar-refractivity contribution >= 4 is 11.6 Å². The maximum absolute atomic E-state index is 12.6. The van der Waals surface area contributed by atoms with E-state index in [1.54, 1.807) is 30.3 Å². The van der Waals surface area contributed by atoms with Crippen LogP contribution in [0.25, 0.3) is 22.5 Å². The average molecular weight is 351 g/mol. The minimum atomic E-state index is -4.51. The van der Waals surface area contributed by atoms with Gasteiger partial charge in [0.2, 0.25) is 0 Å². The highest BCUT2D eigenvalue weighted by Crippen LogP contribution is 2.32. The largest absolute Gasteiger partial charge is 0.506 e. The van der Waals surface area contributed by atoms with Crippen molar-refractivity contribution in [2.24, 2.45) is 0 Å². The molecule has 7 heteroatoms. The fourth-order valence-electron chi connectivity index (χ4n) is 2.15. The normalized spacial score (nSPS) is 11.5. The zero-order chi connectivity index (χ0) is 17.3. The molecular formula is C17H10ClF3N2O. The van der Waals surface area contributed by atoms with Crippen molar-refractivity contribution in [2.45, 2.75) is 6.18 Å². The Balaban J connectivity index is 2.02. The number of hydrogen-bond acceptors (Lipinski definition) is 3. The molecular weight excluding hydrogens is 341 g/mol. The number of nitrogens with zero attached hydrogens (tertiary/aromatic N) is 2. The van der Waals surface area contributed by atoms with E-state index < -0.39 is 11.9 Å². The smallest absolute Gasteiger partial charge is 0.433 e. The molecule has 0 aliphatic heterocycles. The van der Waals surface area contributed by atoms with Crippen molar-refractivity contribution in [3.05, 3.63) is 65.4 Å². The number of hydrogen-bond donors (Lipinski definition) is 1. The molecule has 1 N–H and O–H groups in total. The van der Waals surface area contributed by atoms with Crippen LogP contribution in [0.3, 0.4) is 0 Å². The minimum Gasteiger partial charge on any atom is -0.506 e. The van der Waals surface area contributed by atoms with Gasteiger partial charge in [-0.3, -0.25) is 4.98 Å². The Morgan fingerprint density at radius 2 is 1.54 bits per heavy atom. The van der Waals surface area contributed by atoms with E-state index in [1.165, 1.54) is 12.1 Å². The number of halogens is 4. The van der Waals surface area contributed by atoms with Gasteiger partial charge in [-0.05, 0) is 36.4 Å². The van der Waals surface area contributed by atoms with Crippen molar-refractivity contribution in [2.75, 3.05) is 0 Å². The van der Waals surface area contributed by atoms with Crippen LogP contribution in [-0.4, -0.2) is 15.1 Å². The first-order valence-corrected chi connectivity index (χ1v) is 7.22. The topological polar surface area (TPSA) is 46.0 Å². The van der Waals surface area contributed by atoms with Crippen LogP contribution in [0.15, 0.2) is 54.7 Å². The van der Waals surface area contributed by atoms with E-state index in [1.807, 2.05) is 0 Å². The van der Waals surface area contributed by atoms with Crippen molar-refractivity contribution in [1.82, 2.24) is 9.97 Å². The molecule has 0 unspecified atom stereocenters. The Morgan fingerprint density at radius 3 is 2.12 bits per heavy atom. The summed E-state index contributed by atoms with van der Waals surface area (Å²) in [4.78, 5) is 7.71. The summed E-state index contributed by atoms with van der Waals surface area (Å²) >= 11 is 5.84. The molecule has 0 saturated heterocycles. The van der Waals surface area contributed by atoms with Crippen molar-refractivity contribution in [3.63, 3.8) is 0 Å². The van der Waals surface area contributed by atoms with Gasteiger partial charge in [0.15, 0.2) is 0 Å². The highest BCUT2D eigenvalue weighted by atomic mass is 35.5. The molecule has 0 aliphatic rings. The van der Waals surface area contributed by atoms with Gasteiger partial charge >= 0.3 is 6.18 Å². The van der Waals surface area contributed by atoms with Gasteiger partial charge in [-0.2, -0.15) is 13.2 Å². The van der Waals surface area contributed by atoms with Crippen LogP contribution in [0.4, 0.5) is 13.2 Å². The lowest BCUT2D eigenvalue weighted by Crippen LogP contribution is -2.07. The predicted molar refractivity (Wildman–Crippen MR) is 84.6 cm³/mol. The lowest BCUT2D eigenvalue weighted by atomic mass is 10.1. The second-order valence-corrected chi connectivity index (χ2v) is 5.44. The maximum atomic E-state index is 12.6. The minimum absolute atomic E-state index is 0.144. The molecule has 0 bridgehead atoms. The third-order valence-corrected chi connectivity index (χ3v) is 3.59. The van der Waals surface area contributed by atoms with E-state index in [0.717, 1.165) is 17.8 Å². The SMILES string of the molecule is Oc1ccc(-c2ccc(Cl)cc2)nc1-c1ccc(C(F)(F)F)nc1. The summed E-state index contributed by atoms with van der Waals surface area (Å²) in [6.45, 7) is 0. The first kappa shape index (κ1) is 16.3. The molecule has 2 aromatic heterocycles. The Kier molecular flexibility index (Phi) is 4.15. The number of benzene rings is 1. The standard InChI is InChI=1S/C17H10ClF3N2O/c18-12-4-1-10(2-5-12)13-6-7-14(24)16(23-13)11-3-8-15(22-9-11)17(19,20)21/h1-9,24H. The molecule has 0 radical (unpaired) electrons. The molecule has 1 aromatic carbocycles. The fourth-order valence-corrected chi connectivity index (χ4v) is 2.27. The monoisotopic (exact) mass is 350 g/mol. The van der Waals surface area contributed by atoms with Gasteiger partial charge in [-0.1, -0.05) is 23.7 Å². The molecule has 0 amide bonds. The van der Waals surface area contributed by atoms with Crippen LogP contribution in [0, 0.1) is 0 Å². The predicted octanol–water partition coefficient (Wildman–Crippen LogP) is 5.19. The Labute approximate surface area is 140 Å². The number of aromatic hydroxyl groups is 1. The van der Waals surface area contributed by atoms with Gasteiger partial charge in [-0.15, -0.1) is 0 Å². The third-order valence-electron chi connectivity index (χ3n) is 3.34. The molecule has 0 atom stereocenters. The van der Waals surface area contributed by atoms with Gasteiger partial charge in [0.05, 0.1) is 5.69 Å². The van der Waals surface area contributed by atoms with Gasteiger partial charge in [0.25, 0.3) is 0 Å². The molecule has 3 rings (SSSR count). The summed E-state index contributed by atoms with van der Waals surface area (Å²) in [6.07, 6.45) is -3.48. The van der Waals surface area contributed by atoms with Gasteiger partial charge in [0.1, 0.15) is 17.1 Å². The number of rotatable bonds is 2. The first-order chi connectivity index (χ1) is 11.3. The van der Waals surface area contributed by atoms with Gasteiger partial charge < -0.3 is 5.11 Å². The van der Waals surface area contributed by atoms with Gasteiger partial charge in [0, 0.05) is 22.3 Å². The van der Waals surface area contributed by atoms with Crippen LogP contribution in [0.2, 0.25) is 5.02 Å². The summed E-state index contributed by atoms with van der Waals surface area (Å²) in [5, 5.41) is 10.5. The molecule has 0 spiro atoms. The molecule has 3 nitrogen and oxygen atoms in total. The Hall–Kier alpha value is -2.60. The molecule has 2 heterocycles. The second-order valence-electron chi connectivity index (χ2n) is 5.00. The average Bonchev–Trinajstić information content (AvgIpc) is 2.55. The van der Waals surface area contributed by atoms with Gasteiger partial charge in [-0.25, -0.2) is 4.98 Å². The van der Waals surface area contributed by atoms with Crippen LogP contribution >= 0.6 is 11.6 Å².